The Kier molecular flexibility index (Phi) is 6.50. The molecule has 1 atom stereocenters. The summed E-state index contributed by atoms with van der Waals surface area (Å²) >= 11 is 0. The maximum atomic E-state index is 8.77. The Balaban J connectivity index is 1.81. The first-order valence-corrected chi connectivity index (χ1v) is 7.76. The van der Waals surface area contributed by atoms with Crippen molar-refractivity contribution in [3.05, 3.63) is 35.9 Å². The zero-order chi connectivity index (χ0) is 14.9. The van der Waals surface area contributed by atoms with Crippen molar-refractivity contribution >= 4 is 5.84 Å². The number of nitrogens with zero attached hydrogens (tertiary/aromatic N) is 2. The standard InChI is InChI=1S/C16H26N4O/c17-16(19-21)13-15(14-7-2-1-3-8-14)18-9-6-12-20-10-4-5-11-20/h1-3,7-8,15,18,21H,4-6,9-13H2,(H2,17,19). The molecule has 1 aromatic rings. The first kappa shape index (κ1) is 15.8. The molecule has 0 aliphatic carbocycles. The molecule has 0 spiro atoms. The van der Waals surface area contributed by atoms with E-state index in [9.17, 15) is 0 Å². The molecule has 1 aromatic carbocycles. The lowest BCUT2D eigenvalue weighted by Crippen LogP contribution is -2.30. The minimum atomic E-state index is 0.0979. The fourth-order valence-corrected chi connectivity index (χ4v) is 2.83. The van der Waals surface area contributed by atoms with E-state index in [0.717, 1.165) is 19.5 Å². The van der Waals surface area contributed by atoms with E-state index in [1.807, 2.05) is 18.2 Å². The molecular weight excluding hydrogens is 264 g/mol. The van der Waals surface area contributed by atoms with Crippen LogP contribution < -0.4 is 11.1 Å². The van der Waals surface area contributed by atoms with E-state index in [-0.39, 0.29) is 11.9 Å². The van der Waals surface area contributed by atoms with Crippen LogP contribution >= 0.6 is 0 Å². The minimum absolute atomic E-state index is 0.0979. The topological polar surface area (TPSA) is 73.9 Å². The molecule has 4 N–H and O–H groups in total. The summed E-state index contributed by atoms with van der Waals surface area (Å²) in [4.78, 5) is 2.52. The molecule has 116 valence electrons. The maximum Gasteiger partial charge on any atom is 0.141 e. The van der Waals surface area contributed by atoms with Gasteiger partial charge in [-0.2, -0.15) is 0 Å². The number of hydrogen-bond donors (Lipinski definition) is 3. The Hall–Kier alpha value is -1.59. The fraction of sp³-hybridized carbons (Fsp3) is 0.562. The molecule has 0 saturated carbocycles. The van der Waals surface area contributed by atoms with E-state index in [1.54, 1.807) is 0 Å². The first-order valence-electron chi connectivity index (χ1n) is 7.76. The summed E-state index contributed by atoms with van der Waals surface area (Å²) in [5.74, 6) is 0.260. The van der Waals surface area contributed by atoms with Crippen LogP contribution in [0.25, 0.3) is 0 Å². The Morgan fingerprint density at radius 1 is 1.29 bits per heavy atom. The summed E-state index contributed by atoms with van der Waals surface area (Å²) in [6.07, 6.45) is 4.32. The highest BCUT2D eigenvalue weighted by Crippen LogP contribution is 2.16. The van der Waals surface area contributed by atoms with Crippen LogP contribution in [0.3, 0.4) is 0 Å². The maximum absolute atomic E-state index is 8.77. The van der Waals surface area contributed by atoms with Crippen LogP contribution in [0.5, 0.6) is 0 Å². The summed E-state index contributed by atoms with van der Waals surface area (Å²) < 4.78 is 0. The van der Waals surface area contributed by atoms with Crippen LogP contribution in [0.4, 0.5) is 0 Å². The predicted octanol–water partition coefficient (Wildman–Crippen LogP) is 1.94. The van der Waals surface area contributed by atoms with Gasteiger partial charge in [-0.1, -0.05) is 35.5 Å². The summed E-state index contributed by atoms with van der Waals surface area (Å²) in [5.41, 5.74) is 6.84. The van der Waals surface area contributed by atoms with Crippen molar-refractivity contribution in [3.63, 3.8) is 0 Å². The van der Waals surface area contributed by atoms with Crippen LogP contribution in [0, 0.1) is 0 Å². The molecule has 0 bridgehead atoms. The third kappa shape index (κ3) is 5.36. The molecule has 2 rings (SSSR count). The average molecular weight is 290 g/mol. The summed E-state index contributed by atoms with van der Waals surface area (Å²) in [7, 11) is 0. The lowest BCUT2D eigenvalue weighted by Gasteiger charge is -2.20. The van der Waals surface area contributed by atoms with Crippen LogP contribution in [-0.2, 0) is 0 Å². The number of likely N-dealkylation sites (tertiary alicyclic amines) is 1. The molecule has 1 heterocycles. The Morgan fingerprint density at radius 3 is 2.67 bits per heavy atom. The molecule has 0 amide bonds. The van der Waals surface area contributed by atoms with Crippen molar-refractivity contribution in [1.82, 2.24) is 10.2 Å². The lowest BCUT2D eigenvalue weighted by atomic mass is 10.0. The molecular formula is C16H26N4O. The second-order valence-corrected chi connectivity index (χ2v) is 5.62. The first-order chi connectivity index (χ1) is 10.3. The van der Waals surface area contributed by atoms with Crippen LogP contribution in [-0.4, -0.2) is 42.1 Å². The van der Waals surface area contributed by atoms with Gasteiger partial charge in [0.2, 0.25) is 0 Å². The zero-order valence-corrected chi connectivity index (χ0v) is 12.5. The lowest BCUT2D eigenvalue weighted by molar-refractivity contribution is 0.314. The van der Waals surface area contributed by atoms with Gasteiger partial charge in [0.25, 0.3) is 0 Å². The van der Waals surface area contributed by atoms with Crippen molar-refractivity contribution in [2.75, 3.05) is 26.2 Å². The highest BCUT2D eigenvalue weighted by Gasteiger charge is 2.14. The third-order valence-corrected chi connectivity index (χ3v) is 3.98. The van der Waals surface area contributed by atoms with Crippen molar-refractivity contribution in [1.29, 1.82) is 0 Å². The van der Waals surface area contributed by atoms with Crippen molar-refractivity contribution in [2.24, 2.45) is 10.9 Å². The molecule has 5 nitrogen and oxygen atoms in total. The van der Waals surface area contributed by atoms with Crippen molar-refractivity contribution in [3.8, 4) is 0 Å². The summed E-state index contributed by atoms with van der Waals surface area (Å²) in [6.45, 7) is 4.57. The number of rotatable bonds is 8. The van der Waals surface area contributed by atoms with E-state index in [1.165, 1.54) is 31.5 Å². The molecule has 1 unspecified atom stereocenters. The smallest absolute Gasteiger partial charge is 0.141 e. The molecule has 0 radical (unpaired) electrons. The van der Waals surface area contributed by atoms with E-state index >= 15 is 0 Å². The Bertz CT molecular complexity index is 429. The Morgan fingerprint density at radius 2 is 2.00 bits per heavy atom. The van der Waals surface area contributed by atoms with Gasteiger partial charge in [-0.3, -0.25) is 0 Å². The van der Waals surface area contributed by atoms with E-state index < -0.39 is 0 Å². The number of oxime groups is 1. The number of benzene rings is 1. The van der Waals surface area contributed by atoms with E-state index in [0.29, 0.717) is 6.42 Å². The van der Waals surface area contributed by atoms with E-state index in [2.05, 4.69) is 27.5 Å². The van der Waals surface area contributed by atoms with Gasteiger partial charge in [-0.05, 0) is 51.0 Å². The minimum Gasteiger partial charge on any atom is -0.409 e. The Labute approximate surface area is 126 Å². The van der Waals surface area contributed by atoms with Gasteiger partial charge in [-0.15, -0.1) is 0 Å². The number of nitrogens with two attached hydrogens (primary N) is 1. The largest absolute Gasteiger partial charge is 0.409 e. The molecule has 21 heavy (non-hydrogen) atoms. The number of amidine groups is 1. The third-order valence-electron chi connectivity index (χ3n) is 3.98. The zero-order valence-electron chi connectivity index (χ0n) is 12.5. The van der Waals surface area contributed by atoms with Gasteiger partial charge in [0.05, 0.1) is 0 Å². The summed E-state index contributed by atoms with van der Waals surface area (Å²) in [6, 6.07) is 10.3. The molecule has 1 aliphatic rings. The van der Waals surface area contributed by atoms with Gasteiger partial charge in [0, 0.05) is 12.5 Å². The predicted molar refractivity (Wildman–Crippen MR) is 85.5 cm³/mol. The highest BCUT2D eigenvalue weighted by atomic mass is 16.4. The van der Waals surface area contributed by atoms with Crippen LogP contribution in [0.2, 0.25) is 0 Å². The highest BCUT2D eigenvalue weighted by molar-refractivity contribution is 5.80. The summed E-state index contributed by atoms with van der Waals surface area (Å²) in [5, 5.41) is 15.4. The SMILES string of the molecule is NC(CC(NCCCN1CCCC1)c1ccccc1)=NO. The number of nitrogens with one attached hydrogen (secondary N) is 1. The van der Waals surface area contributed by atoms with E-state index in [4.69, 9.17) is 10.9 Å². The second-order valence-electron chi connectivity index (χ2n) is 5.62. The molecule has 1 aliphatic heterocycles. The van der Waals surface area contributed by atoms with Gasteiger partial charge in [0.15, 0.2) is 0 Å². The normalized spacial score (nSPS) is 18.0. The molecule has 0 aromatic heterocycles. The number of hydrogen-bond acceptors (Lipinski definition) is 4. The second kappa shape index (κ2) is 8.64. The quantitative estimate of drug-likeness (QED) is 0.225. The van der Waals surface area contributed by atoms with Gasteiger partial charge >= 0.3 is 0 Å². The fourth-order valence-electron chi connectivity index (χ4n) is 2.83. The molecule has 1 fully saturated rings. The van der Waals surface area contributed by atoms with Crippen LogP contribution in [0.1, 0.15) is 37.3 Å². The average Bonchev–Trinajstić information content (AvgIpc) is 3.04. The molecule has 5 heteroatoms. The van der Waals surface area contributed by atoms with Crippen molar-refractivity contribution < 1.29 is 5.21 Å². The van der Waals surface area contributed by atoms with Gasteiger partial charge in [-0.25, -0.2) is 0 Å². The van der Waals surface area contributed by atoms with Gasteiger partial charge < -0.3 is 21.2 Å². The monoisotopic (exact) mass is 290 g/mol. The van der Waals surface area contributed by atoms with Crippen LogP contribution in [0.15, 0.2) is 35.5 Å². The van der Waals surface area contributed by atoms with Gasteiger partial charge in [0.1, 0.15) is 5.84 Å². The van der Waals surface area contributed by atoms with Crippen molar-refractivity contribution in [2.45, 2.75) is 31.7 Å². The molecule has 1 saturated heterocycles.